The summed E-state index contributed by atoms with van der Waals surface area (Å²) in [4.78, 5) is 13.9. The highest BCUT2D eigenvalue weighted by molar-refractivity contribution is 9.10. The van der Waals surface area contributed by atoms with Gasteiger partial charge in [-0.15, -0.1) is 0 Å². The largest absolute Gasteiger partial charge is 0.378 e. The molecular weight excluding hydrogens is 327 g/mol. The molecule has 0 aromatic heterocycles. The van der Waals surface area contributed by atoms with Gasteiger partial charge in [-0.05, 0) is 19.1 Å². The third kappa shape index (κ3) is 4.01. The molecule has 6 heteroatoms. The molecule has 1 aliphatic rings. The molecule has 1 aromatic rings. The van der Waals surface area contributed by atoms with Crippen molar-refractivity contribution in [3.05, 3.63) is 34.1 Å². The molecule has 1 saturated heterocycles. The summed E-state index contributed by atoms with van der Waals surface area (Å²) < 4.78 is 19.6. The van der Waals surface area contributed by atoms with Crippen molar-refractivity contribution in [2.45, 2.75) is 19.5 Å². The Labute approximate surface area is 126 Å². The Morgan fingerprint density at radius 1 is 1.50 bits per heavy atom. The number of benzene rings is 1. The Morgan fingerprint density at radius 2 is 2.20 bits per heavy atom. The van der Waals surface area contributed by atoms with E-state index >= 15 is 0 Å². The Kier molecular flexibility index (Phi) is 5.51. The zero-order valence-corrected chi connectivity index (χ0v) is 13.0. The predicted molar refractivity (Wildman–Crippen MR) is 77.8 cm³/mol. The summed E-state index contributed by atoms with van der Waals surface area (Å²) >= 11 is 3.22. The van der Waals surface area contributed by atoms with Crippen molar-refractivity contribution in [1.29, 1.82) is 0 Å². The second-order valence-corrected chi connectivity index (χ2v) is 5.69. The summed E-state index contributed by atoms with van der Waals surface area (Å²) in [5, 5.41) is 3.07. The maximum atomic E-state index is 13.7. The van der Waals surface area contributed by atoms with Crippen LogP contribution in [-0.2, 0) is 16.1 Å². The van der Waals surface area contributed by atoms with Gasteiger partial charge in [0.25, 0.3) is 0 Å². The molecule has 1 aliphatic heterocycles. The van der Waals surface area contributed by atoms with E-state index in [0.29, 0.717) is 42.9 Å². The lowest BCUT2D eigenvalue weighted by atomic mass is 10.2. The van der Waals surface area contributed by atoms with E-state index in [-0.39, 0.29) is 17.8 Å². The summed E-state index contributed by atoms with van der Waals surface area (Å²) in [5.74, 6) is -0.247. The molecule has 4 nitrogen and oxygen atoms in total. The van der Waals surface area contributed by atoms with Crippen LogP contribution in [0.3, 0.4) is 0 Å². The Bertz CT molecular complexity index is 478. The number of amides is 1. The lowest BCUT2D eigenvalue weighted by molar-refractivity contribution is -0.137. The van der Waals surface area contributed by atoms with Crippen LogP contribution in [0.1, 0.15) is 12.5 Å². The van der Waals surface area contributed by atoms with Crippen LogP contribution in [0.15, 0.2) is 22.7 Å². The average molecular weight is 345 g/mol. The number of carbonyl (C=O) groups excluding carboxylic acids is 1. The van der Waals surface area contributed by atoms with E-state index in [1.165, 1.54) is 6.07 Å². The third-order valence-electron chi connectivity index (χ3n) is 3.31. The van der Waals surface area contributed by atoms with Gasteiger partial charge >= 0.3 is 0 Å². The maximum Gasteiger partial charge on any atom is 0.239 e. The highest BCUT2D eigenvalue weighted by atomic mass is 79.9. The maximum absolute atomic E-state index is 13.7. The van der Waals surface area contributed by atoms with Crippen molar-refractivity contribution in [3.8, 4) is 0 Å². The molecule has 1 atom stereocenters. The Morgan fingerprint density at radius 3 is 2.85 bits per heavy atom. The second-order valence-electron chi connectivity index (χ2n) is 4.78. The van der Waals surface area contributed by atoms with Gasteiger partial charge in [0, 0.05) is 29.7 Å². The van der Waals surface area contributed by atoms with Crippen molar-refractivity contribution < 1.29 is 13.9 Å². The first-order valence-corrected chi connectivity index (χ1v) is 7.41. The van der Waals surface area contributed by atoms with E-state index in [9.17, 15) is 9.18 Å². The van der Waals surface area contributed by atoms with Crippen LogP contribution < -0.4 is 5.32 Å². The minimum absolute atomic E-state index is 0.0332. The molecule has 0 radical (unpaired) electrons. The number of ether oxygens (including phenoxy) is 1. The third-order valence-corrected chi connectivity index (χ3v) is 3.80. The van der Waals surface area contributed by atoms with Gasteiger partial charge in [0.05, 0.1) is 19.3 Å². The summed E-state index contributed by atoms with van der Waals surface area (Å²) in [6.07, 6.45) is 0. The van der Waals surface area contributed by atoms with E-state index in [1.807, 2.05) is 0 Å². The fraction of sp³-hybridized carbons (Fsp3) is 0.500. The molecule has 110 valence electrons. The van der Waals surface area contributed by atoms with Gasteiger partial charge in [0.1, 0.15) is 5.82 Å². The van der Waals surface area contributed by atoms with Crippen LogP contribution in [-0.4, -0.2) is 43.2 Å². The lowest BCUT2D eigenvalue weighted by Gasteiger charge is -2.29. The summed E-state index contributed by atoms with van der Waals surface area (Å²) in [6.45, 7) is 4.54. The molecule has 20 heavy (non-hydrogen) atoms. The smallest absolute Gasteiger partial charge is 0.239 e. The standard InChI is InChI=1S/C14H18BrFN2O2/c1-10(14(19)18-4-6-20-7-5-18)17-9-11-2-3-12(15)8-13(11)16/h2-3,8,10,17H,4-7,9H2,1H3. The van der Waals surface area contributed by atoms with Crippen LogP contribution in [0.4, 0.5) is 4.39 Å². The molecule has 1 amide bonds. The Balaban J connectivity index is 1.87. The van der Waals surface area contributed by atoms with Crippen LogP contribution in [0.5, 0.6) is 0 Å². The molecule has 0 bridgehead atoms. The van der Waals surface area contributed by atoms with Crippen LogP contribution in [0.25, 0.3) is 0 Å². The van der Waals surface area contributed by atoms with Crippen LogP contribution >= 0.6 is 15.9 Å². The summed E-state index contributed by atoms with van der Waals surface area (Å²) in [5.41, 5.74) is 0.551. The SMILES string of the molecule is CC(NCc1ccc(Br)cc1F)C(=O)N1CCOCC1. The number of nitrogens with one attached hydrogen (secondary N) is 1. The quantitative estimate of drug-likeness (QED) is 0.907. The molecule has 1 N–H and O–H groups in total. The van der Waals surface area contributed by atoms with E-state index in [4.69, 9.17) is 4.74 Å². The number of nitrogens with zero attached hydrogens (tertiary/aromatic N) is 1. The summed E-state index contributed by atoms with van der Waals surface area (Å²) in [6, 6.07) is 4.58. The zero-order valence-electron chi connectivity index (χ0n) is 11.4. The van der Waals surface area contributed by atoms with Crippen molar-refractivity contribution in [3.63, 3.8) is 0 Å². The second kappa shape index (κ2) is 7.15. The molecule has 1 aromatic carbocycles. The van der Waals surface area contributed by atoms with Gasteiger partial charge in [0.15, 0.2) is 0 Å². The number of hydrogen-bond donors (Lipinski definition) is 1. The van der Waals surface area contributed by atoms with Gasteiger partial charge in [0.2, 0.25) is 5.91 Å². The number of morpholine rings is 1. The minimum atomic E-state index is -0.337. The fourth-order valence-corrected chi connectivity index (χ4v) is 2.41. The lowest BCUT2D eigenvalue weighted by Crippen LogP contribution is -2.49. The summed E-state index contributed by atoms with van der Waals surface area (Å²) in [7, 11) is 0. The predicted octanol–water partition coefficient (Wildman–Crippen LogP) is 1.93. The topological polar surface area (TPSA) is 41.6 Å². The molecule has 2 rings (SSSR count). The first kappa shape index (κ1) is 15.4. The van der Waals surface area contributed by atoms with Crippen molar-refractivity contribution >= 4 is 21.8 Å². The minimum Gasteiger partial charge on any atom is -0.378 e. The van der Waals surface area contributed by atoms with Crippen molar-refractivity contribution in [2.75, 3.05) is 26.3 Å². The number of hydrogen-bond acceptors (Lipinski definition) is 3. The fourth-order valence-electron chi connectivity index (χ4n) is 2.07. The van der Waals surface area contributed by atoms with Gasteiger partial charge in [-0.1, -0.05) is 22.0 Å². The van der Waals surface area contributed by atoms with E-state index in [2.05, 4.69) is 21.2 Å². The first-order chi connectivity index (χ1) is 9.58. The van der Waals surface area contributed by atoms with Crippen molar-refractivity contribution in [2.24, 2.45) is 0 Å². The van der Waals surface area contributed by atoms with Gasteiger partial charge in [-0.2, -0.15) is 0 Å². The van der Waals surface area contributed by atoms with Gasteiger partial charge in [-0.3, -0.25) is 4.79 Å². The average Bonchev–Trinajstić information content (AvgIpc) is 2.46. The first-order valence-electron chi connectivity index (χ1n) is 6.62. The van der Waals surface area contributed by atoms with Crippen LogP contribution in [0, 0.1) is 5.82 Å². The van der Waals surface area contributed by atoms with E-state index in [1.54, 1.807) is 24.0 Å². The molecule has 0 saturated carbocycles. The molecule has 1 unspecified atom stereocenters. The molecular formula is C14H18BrFN2O2. The molecule has 1 fully saturated rings. The van der Waals surface area contributed by atoms with E-state index < -0.39 is 0 Å². The van der Waals surface area contributed by atoms with Gasteiger partial charge in [-0.25, -0.2) is 4.39 Å². The monoisotopic (exact) mass is 344 g/mol. The number of halogens is 2. The zero-order chi connectivity index (χ0) is 14.5. The number of carbonyl (C=O) groups is 1. The Hall–Kier alpha value is -0.980. The van der Waals surface area contributed by atoms with Gasteiger partial charge < -0.3 is 15.0 Å². The number of rotatable bonds is 4. The normalized spacial score (nSPS) is 17.1. The highest BCUT2D eigenvalue weighted by Gasteiger charge is 2.22. The van der Waals surface area contributed by atoms with Crippen molar-refractivity contribution in [1.82, 2.24) is 10.2 Å². The molecule has 0 aliphatic carbocycles. The molecule has 0 spiro atoms. The highest BCUT2D eigenvalue weighted by Crippen LogP contribution is 2.15. The van der Waals surface area contributed by atoms with E-state index in [0.717, 1.165) is 0 Å². The van der Waals surface area contributed by atoms with Crippen LogP contribution in [0.2, 0.25) is 0 Å². The molecule has 1 heterocycles.